The monoisotopic (exact) mass is 157 g/mol. The van der Waals surface area contributed by atoms with Gasteiger partial charge in [0.2, 0.25) is 0 Å². The van der Waals surface area contributed by atoms with E-state index in [1.807, 2.05) is 0 Å². The highest BCUT2D eigenvalue weighted by molar-refractivity contribution is 4.73. The van der Waals surface area contributed by atoms with Crippen LogP contribution in [0, 0.1) is 0 Å². The van der Waals surface area contributed by atoms with Gasteiger partial charge in [-0.2, -0.15) is 0 Å². The first kappa shape index (κ1) is 8.97. The second-order valence-corrected chi connectivity index (χ2v) is 2.89. The lowest BCUT2D eigenvalue weighted by atomic mass is 10.1. The molecular formula is C8H17N2O. The van der Waals surface area contributed by atoms with E-state index in [0.29, 0.717) is 6.04 Å². The topological polar surface area (TPSA) is 35.4 Å². The maximum absolute atomic E-state index is 4.95. The Balaban J connectivity index is 1.96. The fourth-order valence-electron chi connectivity index (χ4n) is 1.32. The Kier molecular flexibility index (Phi) is 4.50. The Bertz CT molecular complexity index is 92.1. The molecule has 0 unspecified atom stereocenters. The third-order valence-electron chi connectivity index (χ3n) is 2.01. The minimum Gasteiger partial charge on any atom is -0.383 e. The Morgan fingerprint density at radius 3 is 2.82 bits per heavy atom. The third-order valence-corrected chi connectivity index (χ3v) is 2.01. The summed E-state index contributed by atoms with van der Waals surface area (Å²) in [6, 6.07) is 0.683. The third kappa shape index (κ3) is 3.70. The zero-order valence-corrected chi connectivity index (χ0v) is 7.18. The fraction of sp³-hybridized carbons (Fsp3) is 1.00. The van der Waals surface area contributed by atoms with E-state index in [1.54, 1.807) is 7.11 Å². The van der Waals surface area contributed by atoms with E-state index in [1.165, 1.54) is 12.8 Å². The number of methoxy groups -OCH3 is 1. The van der Waals surface area contributed by atoms with Gasteiger partial charge in [-0.3, -0.25) is 0 Å². The van der Waals surface area contributed by atoms with Crippen molar-refractivity contribution in [2.45, 2.75) is 18.9 Å². The summed E-state index contributed by atoms with van der Waals surface area (Å²) in [6.45, 7) is 3.85. The summed E-state index contributed by atoms with van der Waals surface area (Å²) in [6.07, 6.45) is 2.40. The van der Waals surface area contributed by atoms with Crippen LogP contribution in [0.1, 0.15) is 12.8 Å². The van der Waals surface area contributed by atoms with Crippen molar-refractivity contribution in [2.24, 2.45) is 0 Å². The zero-order valence-electron chi connectivity index (χ0n) is 7.18. The molecule has 1 saturated heterocycles. The van der Waals surface area contributed by atoms with Gasteiger partial charge in [0, 0.05) is 32.8 Å². The molecule has 11 heavy (non-hydrogen) atoms. The molecule has 1 radical (unpaired) electrons. The van der Waals surface area contributed by atoms with Crippen LogP contribution in [0.3, 0.4) is 0 Å². The summed E-state index contributed by atoms with van der Waals surface area (Å²) in [5.74, 6) is 0. The van der Waals surface area contributed by atoms with Gasteiger partial charge >= 0.3 is 0 Å². The lowest BCUT2D eigenvalue weighted by molar-refractivity contribution is 0.192. The van der Waals surface area contributed by atoms with Crippen LogP contribution in [-0.4, -0.2) is 39.4 Å². The summed E-state index contributed by atoms with van der Waals surface area (Å²) in [5, 5.41) is 7.72. The van der Waals surface area contributed by atoms with Gasteiger partial charge < -0.3 is 10.1 Å². The van der Waals surface area contributed by atoms with Crippen molar-refractivity contribution >= 4 is 0 Å². The van der Waals surface area contributed by atoms with Crippen molar-refractivity contribution in [3.8, 4) is 0 Å². The van der Waals surface area contributed by atoms with Gasteiger partial charge in [-0.1, -0.05) is 0 Å². The summed E-state index contributed by atoms with van der Waals surface area (Å²) >= 11 is 0. The van der Waals surface area contributed by atoms with Crippen LogP contribution in [0.4, 0.5) is 0 Å². The van der Waals surface area contributed by atoms with Crippen molar-refractivity contribution in [1.82, 2.24) is 10.6 Å². The Labute approximate surface area is 68.5 Å². The van der Waals surface area contributed by atoms with Crippen LogP contribution in [-0.2, 0) is 4.74 Å². The van der Waals surface area contributed by atoms with E-state index >= 15 is 0 Å². The molecular weight excluding hydrogens is 140 g/mol. The molecule has 1 heterocycles. The predicted octanol–water partition coefficient (Wildman–Crippen LogP) is -0.0108. The van der Waals surface area contributed by atoms with E-state index in [4.69, 9.17) is 4.74 Å². The van der Waals surface area contributed by atoms with Crippen molar-refractivity contribution < 1.29 is 4.74 Å². The predicted molar refractivity (Wildman–Crippen MR) is 44.8 cm³/mol. The highest BCUT2D eigenvalue weighted by Crippen LogP contribution is 2.01. The molecule has 1 rings (SSSR count). The Morgan fingerprint density at radius 2 is 2.18 bits per heavy atom. The number of nitrogens with zero attached hydrogens (tertiary/aromatic N) is 1. The average Bonchev–Trinajstić information content (AvgIpc) is 2.07. The zero-order chi connectivity index (χ0) is 7.94. The van der Waals surface area contributed by atoms with Gasteiger partial charge in [-0.05, 0) is 12.8 Å². The van der Waals surface area contributed by atoms with Crippen LogP contribution >= 0.6 is 0 Å². The number of piperidine rings is 1. The first-order valence-electron chi connectivity index (χ1n) is 4.29. The van der Waals surface area contributed by atoms with E-state index in [-0.39, 0.29) is 0 Å². The molecule has 0 bridgehead atoms. The van der Waals surface area contributed by atoms with Crippen LogP contribution in [0.25, 0.3) is 0 Å². The number of ether oxygens (including phenoxy) is 1. The van der Waals surface area contributed by atoms with E-state index < -0.39 is 0 Å². The normalized spacial score (nSPS) is 20.5. The van der Waals surface area contributed by atoms with Crippen LogP contribution in [0.2, 0.25) is 0 Å². The lowest BCUT2D eigenvalue weighted by Gasteiger charge is -2.22. The van der Waals surface area contributed by atoms with E-state index in [2.05, 4.69) is 10.6 Å². The quantitative estimate of drug-likeness (QED) is 0.582. The molecule has 0 aromatic carbocycles. The molecule has 0 amide bonds. The van der Waals surface area contributed by atoms with Crippen molar-refractivity contribution in [1.29, 1.82) is 0 Å². The standard InChI is InChI=1S/C8H17N2O/c1-11-7-6-10-8-2-4-9-5-3-8/h8,10H,2-7H2,1H3. The summed E-state index contributed by atoms with van der Waals surface area (Å²) in [7, 11) is 1.73. The van der Waals surface area contributed by atoms with Crippen molar-refractivity contribution in [3.05, 3.63) is 0 Å². The molecule has 1 fully saturated rings. The lowest BCUT2D eigenvalue weighted by Crippen LogP contribution is -2.38. The fourth-order valence-corrected chi connectivity index (χ4v) is 1.32. The van der Waals surface area contributed by atoms with E-state index in [9.17, 15) is 0 Å². The minimum atomic E-state index is 0.683. The van der Waals surface area contributed by atoms with Crippen LogP contribution in [0.15, 0.2) is 0 Å². The largest absolute Gasteiger partial charge is 0.383 e. The molecule has 1 aliphatic heterocycles. The molecule has 1 aliphatic rings. The first-order chi connectivity index (χ1) is 5.43. The maximum Gasteiger partial charge on any atom is 0.0587 e. The van der Waals surface area contributed by atoms with Gasteiger partial charge in [0.05, 0.1) is 6.61 Å². The molecule has 0 aromatic heterocycles. The van der Waals surface area contributed by atoms with Gasteiger partial charge in [-0.15, -0.1) is 0 Å². The highest BCUT2D eigenvalue weighted by atomic mass is 16.5. The average molecular weight is 157 g/mol. The van der Waals surface area contributed by atoms with Crippen molar-refractivity contribution in [2.75, 3.05) is 33.4 Å². The molecule has 3 heteroatoms. The smallest absolute Gasteiger partial charge is 0.0587 e. The summed E-state index contributed by atoms with van der Waals surface area (Å²) < 4.78 is 4.95. The van der Waals surface area contributed by atoms with Crippen molar-refractivity contribution in [3.63, 3.8) is 0 Å². The molecule has 0 aromatic rings. The molecule has 3 nitrogen and oxygen atoms in total. The van der Waals surface area contributed by atoms with Gasteiger partial charge in [0.15, 0.2) is 0 Å². The number of hydrogen-bond acceptors (Lipinski definition) is 2. The second-order valence-electron chi connectivity index (χ2n) is 2.89. The van der Waals surface area contributed by atoms with Gasteiger partial charge in [0.25, 0.3) is 0 Å². The molecule has 0 saturated carbocycles. The Morgan fingerprint density at radius 1 is 1.45 bits per heavy atom. The molecule has 0 spiro atoms. The molecule has 65 valence electrons. The second kappa shape index (κ2) is 5.52. The summed E-state index contributed by atoms with van der Waals surface area (Å²) in [4.78, 5) is 0. The van der Waals surface area contributed by atoms with Crippen LogP contribution < -0.4 is 10.6 Å². The molecule has 0 aliphatic carbocycles. The molecule has 0 atom stereocenters. The van der Waals surface area contributed by atoms with Gasteiger partial charge in [0.1, 0.15) is 0 Å². The number of nitrogens with one attached hydrogen (secondary N) is 1. The Hall–Kier alpha value is -0.120. The molecule has 1 N–H and O–H groups in total. The van der Waals surface area contributed by atoms with Crippen LogP contribution in [0.5, 0.6) is 0 Å². The number of hydrogen-bond donors (Lipinski definition) is 1. The SMILES string of the molecule is COCCNC1CC[N]CC1. The van der Waals surface area contributed by atoms with Gasteiger partial charge in [-0.25, -0.2) is 5.32 Å². The maximum atomic E-state index is 4.95. The highest BCUT2D eigenvalue weighted by Gasteiger charge is 2.11. The number of rotatable bonds is 4. The van der Waals surface area contributed by atoms with E-state index in [0.717, 1.165) is 26.2 Å². The minimum absolute atomic E-state index is 0.683. The first-order valence-corrected chi connectivity index (χ1v) is 4.29. The summed E-state index contributed by atoms with van der Waals surface area (Å²) in [5.41, 5.74) is 0.